The molecule has 0 spiro atoms. The molecule has 19 heavy (non-hydrogen) atoms. The van der Waals surface area contributed by atoms with Crippen LogP contribution in [0.5, 0.6) is 0 Å². The molecule has 6 heteroatoms. The van der Waals surface area contributed by atoms with Gasteiger partial charge in [0, 0.05) is 6.54 Å². The summed E-state index contributed by atoms with van der Waals surface area (Å²) in [7, 11) is -3.45. The minimum atomic E-state index is -3.45. The lowest BCUT2D eigenvalue weighted by atomic mass is 10.3. The SMILES string of the molecule is CCn1nc(C)cc1CS(=O)(=O)c1ccccc1N. The molecule has 0 aliphatic rings. The van der Waals surface area contributed by atoms with Crippen molar-refractivity contribution in [2.45, 2.75) is 31.0 Å². The van der Waals surface area contributed by atoms with E-state index in [1.165, 1.54) is 6.07 Å². The highest BCUT2D eigenvalue weighted by Crippen LogP contribution is 2.22. The smallest absolute Gasteiger partial charge is 0.186 e. The Labute approximate surface area is 113 Å². The summed E-state index contributed by atoms with van der Waals surface area (Å²) in [5.74, 6) is -0.0874. The van der Waals surface area contributed by atoms with Crippen LogP contribution in [0, 0.1) is 6.92 Å². The molecular weight excluding hydrogens is 262 g/mol. The summed E-state index contributed by atoms with van der Waals surface area (Å²) in [6.45, 7) is 4.42. The van der Waals surface area contributed by atoms with Crippen LogP contribution in [-0.4, -0.2) is 18.2 Å². The molecule has 0 bridgehead atoms. The number of anilines is 1. The molecular formula is C13H17N3O2S. The monoisotopic (exact) mass is 279 g/mol. The van der Waals surface area contributed by atoms with Crippen LogP contribution in [0.15, 0.2) is 35.2 Å². The maximum Gasteiger partial charge on any atom is 0.186 e. The van der Waals surface area contributed by atoms with E-state index in [-0.39, 0.29) is 16.3 Å². The van der Waals surface area contributed by atoms with Crippen molar-refractivity contribution in [3.63, 3.8) is 0 Å². The largest absolute Gasteiger partial charge is 0.398 e. The highest BCUT2D eigenvalue weighted by atomic mass is 32.2. The molecule has 2 aromatic rings. The number of rotatable bonds is 4. The maximum atomic E-state index is 12.4. The molecule has 0 fully saturated rings. The molecule has 1 heterocycles. The van der Waals surface area contributed by atoms with Gasteiger partial charge in [-0.25, -0.2) is 8.42 Å². The van der Waals surface area contributed by atoms with Gasteiger partial charge in [0.15, 0.2) is 9.84 Å². The molecule has 0 radical (unpaired) electrons. The second-order valence-electron chi connectivity index (χ2n) is 4.39. The Kier molecular flexibility index (Phi) is 3.61. The van der Waals surface area contributed by atoms with E-state index >= 15 is 0 Å². The third kappa shape index (κ3) is 2.78. The maximum absolute atomic E-state index is 12.4. The van der Waals surface area contributed by atoms with Crippen LogP contribution < -0.4 is 5.73 Å². The van der Waals surface area contributed by atoms with E-state index < -0.39 is 9.84 Å². The zero-order valence-electron chi connectivity index (χ0n) is 11.0. The first-order valence-electron chi connectivity index (χ1n) is 6.04. The number of benzene rings is 1. The van der Waals surface area contributed by atoms with E-state index in [0.29, 0.717) is 12.2 Å². The number of hydrogen-bond donors (Lipinski definition) is 1. The second-order valence-corrected chi connectivity index (χ2v) is 6.35. The van der Waals surface area contributed by atoms with E-state index in [4.69, 9.17) is 5.73 Å². The predicted octanol–water partition coefficient (Wildman–Crippen LogP) is 1.77. The van der Waals surface area contributed by atoms with Crippen LogP contribution in [0.3, 0.4) is 0 Å². The van der Waals surface area contributed by atoms with E-state index in [1.54, 1.807) is 28.9 Å². The molecule has 102 valence electrons. The Bertz CT molecular complexity index is 690. The van der Waals surface area contributed by atoms with Crippen LogP contribution >= 0.6 is 0 Å². The minimum Gasteiger partial charge on any atom is -0.398 e. The fourth-order valence-corrected chi connectivity index (χ4v) is 3.52. The molecule has 5 nitrogen and oxygen atoms in total. The zero-order valence-corrected chi connectivity index (χ0v) is 11.8. The van der Waals surface area contributed by atoms with Crippen molar-refractivity contribution in [3.05, 3.63) is 41.7 Å². The molecule has 2 N–H and O–H groups in total. The first-order chi connectivity index (χ1) is 8.94. The highest BCUT2D eigenvalue weighted by molar-refractivity contribution is 7.90. The van der Waals surface area contributed by atoms with Gasteiger partial charge in [-0.2, -0.15) is 5.10 Å². The molecule has 0 unspecified atom stereocenters. The normalized spacial score (nSPS) is 11.7. The summed E-state index contributed by atoms with van der Waals surface area (Å²) in [6, 6.07) is 8.31. The Morgan fingerprint density at radius 3 is 2.63 bits per heavy atom. The van der Waals surface area contributed by atoms with Gasteiger partial charge in [-0.05, 0) is 32.0 Å². The van der Waals surface area contributed by atoms with Crippen molar-refractivity contribution in [2.24, 2.45) is 0 Å². The standard InChI is InChI=1S/C13H17N3O2S/c1-3-16-11(8-10(2)15-16)9-19(17,18)13-7-5-4-6-12(13)14/h4-8H,3,9,14H2,1-2H3. The predicted molar refractivity (Wildman–Crippen MR) is 74.4 cm³/mol. The minimum absolute atomic E-state index is 0.0874. The third-order valence-electron chi connectivity index (χ3n) is 2.88. The van der Waals surface area contributed by atoms with Crippen molar-refractivity contribution >= 4 is 15.5 Å². The van der Waals surface area contributed by atoms with Gasteiger partial charge < -0.3 is 5.73 Å². The van der Waals surface area contributed by atoms with Crippen LogP contribution in [0.1, 0.15) is 18.3 Å². The number of aryl methyl sites for hydroxylation is 2. The summed E-state index contributed by atoms with van der Waals surface area (Å²) >= 11 is 0. The van der Waals surface area contributed by atoms with Gasteiger partial charge in [-0.3, -0.25) is 4.68 Å². The number of sulfone groups is 1. The fraction of sp³-hybridized carbons (Fsp3) is 0.308. The lowest BCUT2D eigenvalue weighted by Crippen LogP contribution is -2.11. The van der Waals surface area contributed by atoms with Crippen molar-refractivity contribution in [1.82, 2.24) is 9.78 Å². The summed E-state index contributed by atoms with van der Waals surface area (Å²) in [4.78, 5) is 0.177. The molecule has 0 amide bonds. The van der Waals surface area contributed by atoms with Gasteiger partial charge in [0.2, 0.25) is 0 Å². The summed E-state index contributed by atoms with van der Waals surface area (Å²) < 4.78 is 26.5. The molecule has 0 saturated heterocycles. The second kappa shape index (κ2) is 5.05. The first-order valence-corrected chi connectivity index (χ1v) is 7.70. The van der Waals surface area contributed by atoms with Gasteiger partial charge in [0.05, 0.1) is 27.7 Å². The molecule has 1 aromatic heterocycles. The highest BCUT2D eigenvalue weighted by Gasteiger charge is 2.20. The van der Waals surface area contributed by atoms with Gasteiger partial charge in [0.25, 0.3) is 0 Å². The first kappa shape index (κ1) is 13.6. The average molecular weight is 279 g/mol. The molecule has 0 aliphatic carbocycles. The quantitative estimate of drug-likeness (QED) is 0.865. The van der Waals surface area contributed by atoms with Gasteiger partial charge >= 0.3 is 0 Å². The van der Waals surface area contributed by atoms with E-state index in [2.05, 4.69) is 5.10 Å². The molecule has 0 aliphatic heterocycles. The molecule has 0 saturated carbocycles. The Hall–Kier alpha value is -1.82. The van der Waals surface area contributed by atoms with E-state index in [0.717, 1.165) is 5.69 Å². The average Bonchev–Trinajstić information content (AvgIpc) is 2.69. The number of nitrogen functional groups attached to an aromatic ring is 1. The summed E-state index contributed by atoms with van der Waals surface area (Å²) in [5, 5.41) is 4.25. The fourth-order valence-electron chi connectivity index (χ4n) is 2.03. The lowest BCUT2D eigenvalue weighted by Gasteiger charge is -2.08. The number of nitrogens with two attached hydrogens (primary N) is 1. The van der Waals surface area contributed by atoms with Crippen molar-refractivity contribution in [3.8, 4) is 0 Å². The van der Waals surface area contributed by atoms with Crippen molar-refractivity contribution in [2.75, 3.05) is 5.73 Å². The molecule has 1 aromatic carbocycles. The lowest BCUT2D eigenvalue weighted by molar-refractivity contribution is 0.586. The topological polar surface area (TPSA) is 78.0 Å². The van der Waals surface area contributed by atoms with Crippen LogP contribution in [0.4, 0.5) is 5.69 Å². The van der Waals surface area contributed by atoms with Gasteiger partial charge in [-0.1, -0.05) is 12.1 Å². The number of para-hydroxylation sites is 1. The summed E-state index contributed by atoms with van der Waals surface area (Å²) in [6.07, 6.45) is 0. The Morgan fingerprint density at radius 1 is 1.32 bits per heavy atom. The number of aromatic nitrogens is 2. The van der Waals surface area contributed by atoms with Gasteiger partial charge in [-0.15, -0.1) is 0 Å². The van der Waals surface area contributed by atoms with Crippen molar-refractivity contribution in [1.29, 1.82) is 0 Å². The van der Waals surface area contributed by atoms with E-state index in [1.807, 2.05) is 13.8 Å². The number of hydrogen-bond acceptors (Lipinski definition) is 4. The van der Waals surface area contributed by atoms with Crippen LogP contribution in [0.25, 0.3) is 0 Å². The summed E-state index contributed by atoms with van der Waals surface area (Å²) in [5.41, 5.74) is 7.51. The molecule has 2 rings (SSSR count). The van der Waals surface area contributed by atoms with Crippen molar-refractivity contribution < 1.29 is 8.42 Å². The van der Waals surface area contributed by atoms with Crippen LogP contribution in [0.2, 0.25) is 0 Å². The third-order valence-corrected chi connectivity index (χ3v) is 4.59. The van der Waals surface area contributed by atoms with Gasteiger partial charge in [0.1, 0.15) is 0 Å². The molecule has 0 atom stereocenters. The Balaban J connectivity index is 2.39. The van der Waals surface area contributed by atoms with Crippen LogP contribution in [-0.2, 0) is 22.1 Å². The zero-order chi connectivity index (χ0) is 14.0. The Morgan fingerprint density at radius 2 is 2.00 bits per heavy atom. The van der Waals surface area contributed by atoms with E-state index in [9.17, 15) is 8.42 Å². The number of nitrogens with zero attached hydrogens (tertiary/aromatic N) is 2.